The molecule has 35 heavy (non-hydrogen) atoms. The van der Waals surface area contributed by atoms with E-state index in [1.807, 2.05) is 27.7 Å². The topological polar surface area (TPSA) is 97.1 Å². The zero-order chi connectivity index (χ0) is 25.5. The summed E-state index contributed by atoms with van der Waals surface area (Å²) in [5.41, 5.74) is 1.10. The van der Waals surface area contributed by atoms with E-state index < -0.39 is 27.7 Å². The average Bonchev–Trinajstić information content (AvgIpc) is 3.17. The van der Waals surface area contributed by atoms with E-state index in [-0.39, 0.29) is 44.9 Å². The van der Waals surface area contributed by atoms with Crippen LogP contribution in [0.2, 0.25) is 0 Å². The number of pyridine rings is 2. The van der Waals surface area contributed by atoms with Crippen molar-refractivity contribution in [1.82, 2.24) is 13.9 Å². The number of hydrogen-bond acceptors (Lipinski definition) is 6. The number of fused-ring (bicyclic) bond motifs is 1. The summed E-state index contributed by atoms with van der Waals surface area (Å²) in [6, 6.07) is 8.44. The number of aromatic nitrogens is 3. The molecule has 0 radical (unpaired) electrons. The zero-order valence-electron chi connectivity index (χ0n) is 19.8. The third-order valence-electron chi connectivity index (χ3n) is 5.85. The molecule has 0 unspecified atom stereocenters. The van der Waals surface area contributed by atoms with Crippen molar-refractivity contribution in [2.45, 2.75) is 38.6 Å². The van der Waals surface area contributed by atoms with Gasteiger partial charge in [-0.3, -0.25) is 4.98 Å². The monoisotopic (exact) mass is 500 g/mol. The van der Waals surface area contributed by atoms with Crippen molar-refractivity contribution < 1.29 is 22.3 Å². The lowest BCUT2D eigenvalue weighted by Gasteiger charge is -2.30. The van der Waals surface area contributed by atoms with Crippen LogP contribution in [-0.4, -0.2) is 40.1 Å². The molecule has 3 heterocycles. The van der Waals surface area contributed by atoms with E-state index in [1.54, 1.807) is 12.1 Å². The molecule has 0 aliphatic heterocycles. The number of nitrogens with zero attached hydrogens (tertiary/aromatic N) is 3. The highest BCUT2D eigenvalue weighted by Gasteiger charge is 2.26. The first-order valence-electron chi connectivity index (χ1n) is 10.9. The molecule has 0 saturated carbocycles. The predicted octanol–water partition coefficient (Wildman–Crippen LogP) is 4.74. The minimum absolute atomic E-state index is 0.0190. The Kier molecular flexibility index (Phi) is 6.37. The van der Waals surface area contributed by atoms with E-state index in [0.29, 0.717) is 0 Å². The molecule has 0 aliphatic rings. The number of benzene rings is 1. The Morgan fingerprint density at radius 2 is 1.77 bits per heavy atom. The predicted molar refractivity (Wildman–Crippen MR) is 131 cm³/mol. The van der Waals surface area contributed by atoms with Crippen molar-refractivity contribution in [2.75, 3.05) is 11.9 Å². The molecule has 0 aliphatic carbocycles. The lowest BCUT2D eigenvalue weighted by Crippen LogP contribution is -2.37. The van der Waals surface area contributed by atoms with E-state index >= 15 is 0 Å². The molecule has 0 saturated heterocycles. The van der Waals surface area contributed by atoms with Gasteiger partial charge in [0.15, 0.2) is 11.5 Å². The molecule has 0 spiro atoms. The average molecular weight is 501 g/mol. The van der Waals surface area contributed by atoms with E-state index in [1.165, 1.54) is 30.5 Å². The minimum atomic E-state index is -4.06. The maximum Gasteiger partial charge on any atom is 0.269 e. The van der Waals surface area contributed by atoms with Crippen LogP contribution < -0.4 is 5.32 Å². The summed E-state index contributed by atoms with van der Waals surface area (Å²) in [7, 11) is -4.06. The summed E-state index contributed by atoms with van der Waals surface area (Å²) >= 11 is 0. The third kappa shape index (κ3) is 4.76. The van der Waals surface area contributed by atoms with Crippen molar-refractivity contribution in [3.8, 4) is 11.3 Å². The van der Waals surface area contributed by atoms with Gasteiger partial charge in [-0.1, -0.05) is 38.5 Å². The van der Waals surface area contributed by atoms with Gasteiger partial charge in [0.1, 0.15) is 5.82 Å². The minimum Gasteiger partial charge on any atom is -0.394 e. The molecule has 4 aromatic rings. The van der Waals surface area contributed by atoms with Crippen molar-refractivity contribution in [1.29, 1.82) is 0 Å². The van der Waals surface area contributed by atoms with Crippen LogP contribution in [0.3, 0.4) is 0 Å². The Labute approximate surface area is 202 Å². The van der Waals surface area contributed by atoms with Crippen LogP contribution in [0, 0.1) is 24.0 Å². The fourth-order valence-electron chi connectivity index (χ4n) is 3.69. The second-order valence-corrected chi connectivity index (χ2v) is 11.3. The molecule has 0 amide bonds. The van der Waals surface area contributed by atoms with Crippen molar-refractivity contribution in [3.05, 3.63) is 72.2 Å². The van der Waals surface area contributed by atoms with Gasteiger partial charge in [-0.15, -0.1) is 0 Å². The number of rotatable bonds is 6. The fourth-order valence-corrected chi connectivity index (χ4v) is 5.01. The number of aryl methyl sites for hydroxylation is 1. The molecule has 10 heteroatoms. The quantitative estimate of drug-likeness (QED) is 0.397. The Morgan fingerprint density at radius 1 is 1.09 bits per heavy atom. The van der Waals surface area contributed by atoms with Gasteiger partial charge in [-0.25, -0.2) is 26.2 Å². The molecule has 1 aromatic carbocycles. The number of nitrogens with one attached hydrogen (secondary N) is 1. The fraction of sp³-hybridized carbons (Fsp3) is 0.280. The van der Waals surface area contributed by atoms with Gasteiger partial charge < -0.3 is 10.4 Å². The second kappa shape index (κ2) is 9.01. The van der Waals surface area contributed by atoms with E-state index in [9.17, 15) is 22.3 Å². The first-order valence-corrected chi connectivity index (χ1v) is 12.4. The second-order valence-electron chi connectivity index (χ2n) is 9.48. The molecule has 0 bridgehead atoms. The first-order chi connectivity index (χ1) is 16.4. The molecule has 7 nitrogen and oxygen atoms in total. The smallest absolute Gasteiger partial charge is 0.269 e. The van der Waals surface area contributed by atoms with Gasteiger partial charge in [-0.05, 0) is 36.6 Å². The molecule has 0 fully saturated rings. The number of halogens is 2. The maximum atomic E-state index is 14.6. The van der Waals surface area contributed by atoms with Gasteiger partial charge in [0.2, 0.25) is 0 Å². The summed E-state index contributed by atoms with van der Waals surface area (Å²) < 4.78 is 56.6. The van der Waals surface area contributed by atoms with E-state index in [2.05, 4.69) is 15.3 Å². The molecule has 1 atom stereocenters. The highest BCUT2D eigenvalue weighted by molar-refractivity contribution is 7.90. The van der Waals surface area contributed by atoms with Gasteiger partial charge in [-0.2, -0.15) is 0 Å². The van der Waals surface area contributed by atoms with E-state index in [4.69, 9.17) is 0 Å². The summed E-state index contributed by atoms with van der Waals surface area (Å²) in [5.74, 6) is -1.30. The van der Waals surface area contributed by atoms with Crippen LogP contribution >= 0.6 is 0 Å². The van der Waals surface area contributed by atoms with Crippen molar-refractivity contribution in [3.63, 3.8) is 0 Å². The van der Waals surface area contributed by atoms with Gasteiger partial charge >= 0.3 is 0 Å². The lowest BCUT2D eigenvalue weighted by molar-refractivity contribution is 0.201. The number of anilines is 1. The van der Waals surface area contributed by atoms with E-state index in [0.717, 1.165) is 21.9 Å². The third-order valence-corrected chi connectivity index (χ3v) is 7.51. The molecular formula is C25H26F2N4O3S. The number of hydrogen-bond donors (Lipinski definition) is 2. The molecule has 2 N–H and O–H groups in total. The van der Waals surface area contributed by atoms with Gasteiger partial charge in [0, 0.05) is 17.1 Å². The molecular weight excluding hydrogens is 474 g/mol. The standard InChI is InChI=1S/C25H26F2N4O3S/c1-15-5-7-17(8-6-15)35(33,34)31-13-19(18-9-16(26)11-29-24(18)31)21-10-22(20(27)12-28-21)30-23(14-32)25(2,3)4/h5-13,23,32H,14H2,1-4H3,(H,28,30)/t23-/m1/s1. The van der Waals surface area contributed by atoms with Crippen molar-refractivity contribution >= 4 is 26.7 Å². The van der Waals surface area contributed by atoms with Crippen LogP contribution in [-0.2, 0) is 10.0 Å². The van der Waals surface area contributed by atoms with Crippen LogP contribution in [0.5, 0.6) is 0 Å². The van der Waals surface area contributed by atoms with Crippen LogP contribution in [0.1, 0.15) is 26.3 Å². The van der Waals surface area contributed by atoms with Crippen LogP contribution in [0.15, 0.2) is 59.9 Å². The first kappa shape index (κ1) is 24.7. The maximum absolute atomic E-state index is 14.6. The summed E-state index contributed by atoms with van der Waals surface area (Å²) in [5, 5.41) is 13.0. The lowest BCUT2D eigenvalue weighted by atomic mass is 9.87. The largest absolute Gasteiger partial charge is 0.394 e. The molecule has 4 rings (SSSR count). The van der Waals surface area contributed by atoms with Crippen molar-refractivity contribution in [2.24, 2.45) is 5.41 Å². The number of aliphatic hydroxyl groups is 1. The summed E-state index contributed by atoms with van der Waals surface area (Å²) in [6.45, 7) is 7.32. The Hall–Kier alpha value is -3.37. The highest BCUT2D eigenvalue weighted by atomic mass is 32.2. The Morgan fingerprint density at radius 3 is 2.40 bits per heavy atom. The van der Waals surface area contributed by atoms with Crippen LogP contribution in [0.25, 0.3) is 22.3 Å². The summed E-state index contributed by atoms with van der Waals surface area (Å²) in [4.78, 5) is 8.20. The SMILES string of the molecule is Cc1ccc(S(=O)(=O)n2cc(-c3cc(N[C@H](CO)C(C)(C)C)c(F)cn3)c3cc(F)cnc32)cc1. The zero-order valence-corrected chi connectivity index (χ0v) is 20.6. The normalized spacial score (nSPS) is 13.2. The molecule has 3 aromatic heterocycles. The van der Waals surface area contributed by atoms with Crippen LogP contribution in [0.4, 0.5) is 14.5 Å². The molecule has 184 valence electrons. The summed E-state index contributed by atoms with van der Waals surface area (Å²) in [6.07, 6.45) is 3.25. The Bertz CT molecular complexity index is 1490. The van der Waals surface area contributed by atoms with Gasteiger partial charge in [0.25, 0.3) is 10.0 Å². The number of aliphatic hydroxyl groups excluding tert-OH is 1. The highest BCUT2D eigenvalue weighted by Crippen LogP contribution is 2.34. The van der Waals surface area contributed by atoms with Gasteiger partial charge in [0.05, 0.1) is 41.3 Å². The Balaban J connectivity index is 1.88.